The summed E-state index contributed by atoms with van der Waals surface area (Å²) in [5, 5.41) is 0. The van der Waals surface area contributed by atoms with E-state index >= 15 is 0 Å². The molecule has 2 fully saturated rings. The van der Waals surface area contributed by atoms with Crippen molar-refractivity contribution in [3.63, 3.8) is 0 Å². The van der Waals surface area contributed by atoms with Gasteiger partial charge in [-0.15, -0.1) is 0 Å². The number of pyridine rings is 2. The molecule has 6 rings (SSSR count). The van der Waals surface area contributed by atoms with Crippen molar-refractivity contribution in [2.45, 2.75) is 25.4 Å². The first-order valence-electron chi connectivity index (χ1n) is 11.9. The molecule has 1 aromatic carbocycles. The Morgan fingerprint density at radius 3 is 2.66 bits per heavy atom. The van der Waals surface area contributed by atoms with Crippen molar-refractivity contribution in [3.8, 4) is 17.0 Å². The van der Waals surface area contributed by atoms with E-state index in [4.69, 9.17) is 15.5 Å². The van der Waals surface area contributed by atoms with E-state index in [1.807, 2.05) is 6.07 Å². The van der Waals surface area contributed by atoms with E-state index in [-0.39, 0.29) is 24.1 Å². The second-order valence-corrected chi connectivity index (χ2v) is 9.27. The number of carbonyl (C=O) groups excluding carboxylic acids is 1. The molecule has 5 heterocycles. The standard InChI is InChI=1S/C26H27FN6O2/c1-35-21-5-2-4-20(27)24(21)25-19-15-33(26(34)18(19)6-8-29-25)23-13-17(31-9-3-10-31)12-22(30-23)32-11-7-16(28)14-32/h2,4-6,8,12-13,16H,3,7,9-11,14-15,28H2,1H3. The van der Waals surface area contributed by atoms with Crippen LogP contribution in [0.25, 0.3) is 11.3 Å². The Labute approximate surface area is 203 Å². The van der Waals surface area contributed by atoms with E-state index in [1.54, 1.807) is 29.3 Å². The van der Waals surface area contributed by atoms with Gasteiger partial charge in [-0.3, -0.25) is 14.7 Å². The number of amides is 1. The van der Waals surface area contributed by atoms with Gasteiger partial charge in [-0.25, -0.2) is 9.37 Å². The molecule has 35 heavy (non-hydrogen) atoms. The van der Waals surface area contributed by atoms with Crippen LogP contribution in [0.1, 0.15) is 28.8 Å². The first-order chi connectivity index (χ1) is 17.0. The summed E-state index contributed by atoms with van der Waals surface area (Å²) in [5.41, 5.74) is 9.05. The maximum Gasteiger partial charge on any atom is 0.260 e. The quantitative estimate of drug-likeness (QED) is 0.608. The van der Waals surface area contributed by atoms with E-state index in [1.165, 1.54) is 13.2 Å². The molecule has 8 nitrogen and oxygen atoms in total. The number of nitrogens with two attached hydrogens (primary N) is 1. The van der Waals surface area contributed by atoms with Crippen LogP contribution in [0, 0.1) is 5.82 Å². The molecule has 0 aliphatic carbocycles. The summed E-state index contributed by atoms with van der Waals surface area (Å²) in [7, 11) is 1.50. The largest absolute Gasteiger partial charge is 0.496 e. The number of carbonyl (C=O) groups is 1. The zero-order valence-corrected chi connectivity index (χ0v) is 19.6. The molecule has 1 atom stereocenters. The number of benzene rings is 1. The molecule has 2 saturated heterocycles. The molecule has 9 heteroatoms. The molecule has 180 valence electrons. The normalized spacial score (nSPS) is 19.2. The molecule has 2 N–H and O–H groups in total. The number of nitrogens with zero attached hydrogens (tertiary/aromatic N) is 5. The van der Waals surface area contributed by atoms with E-state index < -0.39 is 5.82 Å². The van der Waals surface area contributed by atoms with Crippen molar-refractivity contribution >= 4 is 23.2 Å². The smallest absolute Gasteiger partial charge is 0.260 e. The van der Waals surface area contributed by atoms with E-state index in [0.29, 0.717) is 28.4 Å². The topological polar surface area (TPSA) is 87.8 Å². The second kappa shape index (κ2) is 8.49. The van der Waals surface area contributed by atoms with E-state index in [0.717, 1.165) is 50.5 Å². The second-order valence-electron chi connectivity index (χ2n) is 9.27. The minimum atomic E-state index is -0.443. The fourth-order valence-corrected chi connectivity index (χ4v) is 5.07. The third kappa shape index (κ3) is 3.67. The lowest BCUT2D eigenvalue weighted by atomic mass is 10.0. The van der Waals surface area contributed by atoms with Crippen molar-refractivity contribution in [1.29, 1.82) is 0 Å². The molecule has 0 saturated carbocycles. The SMILES string of the molecule is COc1cccc(F)c1-c1nccc2c1CN(c1cc(N3CCC3)cc(N3CCC(N)C3)n1)C2=O. The van der Waals surface area contributed by atoms with Gasteiger partial charge in [0.25, 0.3) is 5.91 Å². The summed E-state index contributed by atoms with van der Waals surface area (Å²) < 4.78 is 20.3. The molecule has 3 aliphatic heterocycles. The Kier molecular flexibility index (Phi) is 5.29. The van der Waals surface area contributed by atoms with Gasteiger partial charge in [0.2, 0.25) is 0 Å². The van der Waals surface area contributed by atoms with Crippen LogP contribution < -0.4 is 25.2 Å². The number of aromatic nitrogens is 2. The van der Waals surface area contributed by atoms with Gasteiger partial charge in [0.05, 0.1) is 24.9 Å². The zero-order chi connectivity index (χ0) is 24.1. The third-order valence-electron chi connectivity index (χ3n) is 7.11. The van der Waals surface area contributed by atoms with Gasteiger partial charge in [0.15, 0.2) is 0 Å². The van der Waals surface area contributed by atoms with Crippen LogP contribution in [0.5, 0.6) is 5.75 Å². The Balaban J connectivity index is 1.41. The fraction of sp³-hybridized carbons (Fsp3) is 0.346. The number of rotatable bonds is 5. The highest BCUT2D eigenvalue weighted by Gasteiger charge is 2.34. The maximum absolute atomic E-state index is 14.9. The lowest BCUT2D eigenvalue weighted by Gasteiger charge is -2.34. The predicted octanol–water partition coefficient (Wildman–Crippen LogP) is 3.20. The molecule has 0 spiro atoms. The minimum Gasteiger partial charge on any atom is -0.496 e. The molecule has 0 bridgehead atoms. The summed E-state index contributed by atoms with van der Waals surface area (Å²) >= 11 is 0. The van der Waals surface area contributed by atoms with Gasteiger partial charge >= 0.3 is 0 Å². The van der Waals surface area contributed by atoms with Crippen LogP contribution in [0.3, 0.4) is 0 Å². The van der Waals surface area contributed by atoms with Crippen molar-refractivity contribution in [2.75, 3.05) is 48.0 Å². The van der Waals surface area contributed by atoms with Crippen LogP contribution in [-0.4, -0.2) is 55.2 Å². The molecule has 1 amide bonds. The van der Waals surface area contributed by atoms with Crippen molar-refractivity contribution in [1.82, 2.24) is 9.97 Å². The van der Waals surface area contributed by atoms with Crippen LogP contribution >= 0.6 is 0 Å². The number of halogens is 1. The summed E-state index contributed by atoms with van der Waals surface area (Å²) in [6.45, 7) is 3.80. The van der Waals surface area contributed by atoms with Crippen LogP contribution in [0.4, 0.5) is 21.7 Å². The van der Waals surface area contributed by atoms with Crippen molar-refractivity contribution in [3.05, 3.63) is 59.5 Å². The van der Waals surface area contributed by atoms with Gasteiger partial charge in [-0.2, -0.15) is 0 Å². The number of methoxy groups -OCH3 is 1. The highest BCUT2D eigenvalue weighted by atomic mass is 19.1. The molecular weight excluding hydrogens is 447 g/mol. The summed E-state index contributed by atoms with van der Waals surface area (Å²) in [6, 6.07) is 10.5. The van der Waals surface area contributed by atoms with Crippen LogP contribution in [0.2, 0.25) is 0 Å². The number of anilines is 3. The molecule has 3 aliphatic rings. The van der Waals surface area contributed by atoms with Crippen molar-refractivity contribution < 1.29 is 13.9 Å². The average Bonchev–Trinajstić information content (AvgIpc) is 3.41. The Morgan fingerprint density at radius 2 is 1.94 bits per heavy atom. The van der Waals surface area contributed by atoms with Crippen LogP contribution in [0.15, 0.2) is 42.6 Å². The molecule has 2 aromatic heterocycles. The number of fused-ring (bicyclic) bond motifs is 1. The lowest BCUT2D eigenvalue weighted by molar-refractivity contribution is 0.0996. The fourth-order valence-electron chi connectivity index (χ4n) is 5.07. The zero-order valence-electron chi connectivity index (χ0n) is 19.6. The van der Waals surface area contributed by atoms with Gasteiger partial charge in [0.1, 0.15) is 23.2 Å². The van der Waals surface area contributed by atoms with Crippen molar-refractivity contribution in [2.24, 2.45) is 5.73 Å². The molecule has 3 aromatic rings. The Hall–Kier alpha value is -3.72. The van der Waals surface area contributed by atoms with E-state index in [9.17, 15) is 9.18 Å². The monoisotopic (exact) mass is 474 g/mol. The van der Waals surface area contributed by atoms with Gasteiger partial charge < -0.3 is 20.3 Å². The predicted molar refractivity (Wildman–Crippen MR) is 133 cm³/mol. The molecular formula is C26H27FN6O2. The van der Waals surface area contributed by atoms with Gasteiger partial charge in [-0.05, 0) is 31.0 Å². The Morgan fingerprint density at radius 1 is 1.11 bits per heavy atom. The Bertz CT molecular complexity index is 1310. The maximum atomic E-state index is 14.9. The lowest BCUT2D eigenvalue weighted by Crippen LogP contribution is -2.37. The number of hydrogen-bond acceptors (Lipinski definition) is 7. The first-order valence-corrected chi connectivity index (χ1v) is 11.9. The summed E-state index contributed by atoms with van der Waals surface area (Å²) in [6.07, 6.45) is 3.61. The minimum absolute atomic E-state index is 0.120. The third-order valence-corrected chi connectivity index (χ3v) is 7.11. The number of hydrogen-bond donors (Lipinski definition) is 1. The average molecular weight is 475 g/mol. The highest BCUT2D eigenvalue weighted by molar-refractivity contribution is 6.11. The molecule has 0 radical (unpaired) electrons. The van der Waals surface area contributed by atoms with Crippen LogP contribution in [-0.2, 0) is 6.54 Å². The highest BCUT2D eigenvalue weighted by Crippen LogP contribution is 2.39. The van der Waals surface area contributed by atoms with Gasteiger partial charge in [-0.1, -0.05) is 6.07 Å². The first kappa shape index (κ1) is 21.8. The van der Waals surface area contributed by atoms with E-state index in [2.05, 4.69) is 20.9 Å². The van der Waals surface area contributed by atoms with Gasteiger partial charge in [0, 0.05) is 67.4 Å². The summed E-state index contributed by atoms with van der Waals surface area (Å²) in [4.78, 5) is 29.0. The number of ether oxygens (including phenoxy) is 1. The molecule has 1 unspecified atom stereocenters. The summed E-state index contributed by atoms with van der Waals surface area (Å²) in [5.74, 6) is 1.17.